The number of terminal acetylenes is 1. The fraction of sp³-hybridized carbons (Fsp3) is 0.373. The van der Waals surface area contributed by atoms with Crippen molar-refractivity contribution in [3.63, 3.8) is 0 Å². The quantitative estimate of drug-likeness (QED) is 0.123. The maximum atomic E-state index is 12.1. The van der Waals surface area contributed by atoms with Crippen molar-refractivity contribution < 1.29 is 4.79 Å². The first-order valence-electron chi connectivity index (χ1n) is 20.8. The number of rotatable bonds is 11. The zero-order valence-corrected chi connectivity index (χ0v) is 34.3. The average Bonchev–Trinajstić information content (AvgIpc) is 3.57. The third kappa shape index (κ3) is 7.23. The lowest BCUT2D eigenvalue weighted by Crippen LogP contribution is -2.26. The molecule has 4 aromatic carbocycles. The number of anilines is 2. The van der Waals surface area contributed by atoms with Gasteiger partial charge >= 0.3 is 0 Å². The smallest absolute Gasteiger partial charge is 0.220 e. The molecule has 1 amide bonds. The number of amides is 1. The topological polar surface area (TPSA) is 47.9 Å². The summed E-state index contributed by atoms with van der Waals surface area (Å²) in [5.41, 5.74) is 11.6. The Balaban J connectivity index is 1.24. The van der Waals surface area contributed by atoms with Gasteiger partial charge in [-0.2, -0.15) is 0 Å². The van der Waals surface area contributed by atoms with Crippen molar-refractivity contribution in [2.24, 2.45) is 4.99 Å². The van der Waals surface area contributed by atoms with E-state index < -0.39 is 0 Å². The lowest BCUT2D eigenvalue weighted by molar-refractivity contribution is -0.120. The molecule has 1 N–H and O–H groups in total. The van der Waals surface area contributed by atoms with Crippen molar-refractivity contribution in [2.45, 2.75) is 97.3 Å². The summed E-state index contributed by atoms with van der Waals surface area (Å²) in [5.74, 6) is 2.50. The number of likely N-dealkylation sites (N-methyl/N-ethyl adjacent to an activating group) is 2. The van der Waals surface area contributed by atoms with Crippen LogP contribution in [-0.4, -0.2) is 37.8 Å². The van der Waals surface area contributed by atoms with Crippen LogP contribution in [0.25, 0.3) is 21.5 Å². The molecule has 0 aromatic heterocycles. The van der Waals surface area contributed by atoms with E-state index in [1.54, 1.807) is 0 Å². The van der Waals surface area contributed by atoms with Crippen LogP contribution in [0.15, 0.2) is 125 Å². The van der Waals surface area contributed by atoms with Gasteiger partial charge in [-0.25, -0.2) is 0 Å². The Morgan fingerprint density at radius 2 is 1.25 bits per heavy atom. The molecule has 0 atom stereocenters. The van der Waals surface area contributed by atoms with E-state index in [1.807, 2.05) is 0 Å². The van der Waals surface area contributed by atoms with Crippen molar-refractivity contribution in [3.05, 3.63) is 131 Å². The van der Waals surface area contributed by atoms with Crippen LogP contribution in [0.2, 0.25) is 0 Å². The lowest BCUT2D eigenvalue weighted by Gasteiger charge is -2.27. The number of fused-ring (bicyclic) bond motifs is 6. The van der Waals surface area contributed by atoms with Crippen molar-refractivity contribution in [2.75, 3.05) is 36.0 Å². The molecule has 0 radical (unpaired) electrons. The Hall–Kier alpha value is -5.34. The number of hydrogen-bond acceptors (Lipinski definition) is 4. The zero-order valence-electron chi connectivity index (χ0n) is 34.3. The molecule has 1 fully saturated rings. The highest BCUT2D eigenvalue weighted by Gasteiger charge is 2.42. The van der Waals surface area contributed by atoms with Crippen molar-refractivity contribution in [1.82, 2.24) is 5.32 Å². The molecule has 0 spiro atoms. The van der Waals surface area contributed by atoms with E-state index in [9.17, 15) is 4.79 Å². The molecule has 0 unspecified atom stereocenters. The molecule has 2 heterocycles. The SMILES string of the molecule is C#CCNC(=O)CCCCCN=C1C(=CC=C2N(CC)c3ccc4ccccc4c3C2(C)C)CCC/C1=C\C=C1/N(CC)c2ccc3ccccc3c2C1(C)C. The summed E-state index contributed by atoms with van der Waals surface area (Å²) in [4.78, 5) is 22.5. The number of carbonyl (C=O) groups is 1. The normalized spacial score (nSPS) is 20.8. The molecule has 1 aliphatic carbocycles. The number of unbranched alkanes of at least 4 members (excludes halogenated alkanes) is 2. The van der Waals surface area contributed by atoms with E-state index in [4.69, 9.17) is 11.4 Å². The molecular weight excluding hydrogens is 685 g/mol. The third-order valence-electron chi connectivity index (χ3n) is 12.2. The summed E-state index contributed by atoms with van der Waals surface area (Å²) in [7, 11) is 0. The number of benzene rings is 4. The highest BCUT2D eigenvalue weighted by molar-refractivity contribution is 6.13. The number of nitrogens with one attached hydrogen (secondary N) is 1. The van der Waals surface area contributed by atoms with Gasteiger partial charge in [0.25, 0.3) is 0 Å². The number of aliphatic imine (C=N–C) groups is 1. The van der Waals surface area contributed by atoms with Gasteiger partial charge in [0.05, 0.1) is 12.3 Å². The minimum atomic E-state index is -0.151. The van der Waals surface area contributed by atoms with E-state index >= 15 is 0 Å². The summed E-state index contributed by atoms with van der Waals surface area (Å²) in [6, 6.07) is 26.7. The summed E-state index contributed by atoms with van der Waals surface area (Å²) >= 11 is 0. The number of carbonyl (C=O) groups excluding carboxylic acids is 1. The van der Waals surface area contributed by atoms with Crippen molar-refractivity contribution in [3.8, 4) is 12.3 Å². The maximum Gasteiger partial charge on any atom is 0.220 e. The molecule has 7 rings (SSSR count). The van der Waals surface area contributed by atoms with Gasteiger partial charge in [0.1, 0.15) is 0 Å². The second-order valence-electron chi connectivity index (χ2n) is 16.5. The van der Waals surface area contributed by atoms with Crippen LogP contribution >= 0.6 is 0 Å². The van der Waals surface area contributed by atoms with E-state index in [1.165, 1.54) is 66.6 Å². The van der Waals surface area contributed by atoms with Crippen molar-refractivity contribution in [1.29, 1.82) is 0 Å². The summed E-state index contributed by atoms with van der Waals surface area (Å²) in [5, 5.41) is 8.03. The molecule has 0 bridgehead atoms. The van der Waals surface area contributed by atoms with Crippen LogP contribution in [0.4, 0.5) is 11.4 Å². The predicted molar refractivity (Wildman–Crippen MR) is 239 cm³/mol. The third-order valence-corrected chi connectivity index (χ3v) is 12.2. The Labute approximate surface area is 335 Å². The molecular formula is C51H58N4O. The van der Waals surface area contributed by atoms with E-state index in [-0.39, 0.29) is 23.3 Å². The van der Waals surface area contributed by atoms with Crippen LogP contribution in [-0.2, 0) is 15.6 Å². The highest BCUT2D eigenvalue weighted by atomic mass is 16.1. The zero-order chi connectivity index (χ0) is 39.5. The monoisotopic (exact) mass is 742 g/mol. The summed E-state index contributed by atoms with van der Waals surface area (Å²) < 4.78 is 0. The lowest BCUT2D eigenvalue weighted by atomic mass is 9.80. The molecule has 5 nitrogen and oxygen atoms in total. The van der Waals surface area contributed by atoms with Gasteiger partial charge in [-0.3, -0.25) is 9.79 Å². The Bertz CT molecular complexity index is 2200. The van der Waals surface area contributed by atoms with Gasteiger partial charge in [-0.05, 0) is 114 Å². The number of nitrogens with zero attached hydrogens (tertiary/aromatic N) is 3. The van der Waals surface area contributed by atoms with Gasteiger partial charge in [0, 0.05) is 59.7 Å². The van der Waals surface area contributed by atoms with Gasteiger partial charge in [0.2, 0.25) is 5.91 Å². The van der Waals surface area contributed by atoms with Gasteiger partial charge < -0.3 is 15.1 Å². The van der Waals surface area contributed by atoms with Gasteiger partial charge in [0.15, 0.2) is 0 Å². The molecule has 288 valence electrons. The molecule has 0 saturated heterocycles. The second kappa shape index (κ2) is 16.4. The van der Waals surface area contributed by atoms with Crippen LogP contribution in [0.3, 0.4) is 0 Å². The van der Waals surface area contributed by atoms with Gasteiger partial charge in [-0.15, -0.1) is 6.42 Å². The summed E-state index contributed by atoms with van der Waals surface area (Å²) in [6.07, 6.45) is 21.1. The Morgan fingerprint density at radius 3 is 1.75 bits per heavy atom. The first kappa shape index (κ1) is 38.9. The first-order valence-corrected chi connectivity index (χ1v) is 20.8. The standard InChI is InChI=1S/C51H58N4O/c1-8-34-52-46(56)25-12-11-17-35-53-49-38(28-32-44-50(4,5)47-40-23-15-13-19-36(40)26-30-42(47)54(44)9-2)21-18-22-39(49)29-33-45-51(6,7)48-41-24-16-14-20-37(41)27-31-43(48)55(45)10-3/h1,13-16,19-20,23-24,26-33H,9-12,17-18,21-22,25,34-35H2,2-7H3,(H,52,56)/b38-28+,39-29?,44-32-,45-33?,53-49?. The molecule has 2 aliphatic heterocycles. The van der Waals surface area contributed by atoms with Crippen LogP contribution in [0, 0.1) is 12.3 Å². The van der Waals surface area contributed by atoms with Crippen LogP contribution in [0.5, 0.6) is 0 Å². The minimum absolute atomic E-state index is 0.0234. The Kier molecular flexibility index (Phi) is 11.4. The number of allylic oxidation sites excluding steroid dienone is 8. The minimum Gasteiger partial charge on any atom is -0.345 e. The largest absolute Gasteiger partial charge is 0.345 e. The van der Waals surface area contributed by atoms with Gasteiger partial charge in [-0.1, -0.05) is 113 Å². The molecule has 3 aliphatic rings. The first-order chi connectivity index (χ1) is 27.1. The van der Waals surface area contributed by atoms with Crippen LogP contribution < -0.4 is 15.1 Å². The van der Waals surface area contributed by atoms with E-state index in [2.05, 4.69) is 160 Å². The maximum absolute atomic E-state index is 12.1. The highest BCUT2D eigenvalue weighted by Crippen LogP contribution is 2.52. The van der Waals surface area contributed by atoms with E-state index in [0.717, 1.165) is 63.9 Å². The van der Waals surface area contributed by atoms with Crippen LogP contribution in [0.1, 0.15) is 97.6 Å². The fourth-order valence-corrected chi connectivity index (χ4v) is 9.55. The fourth-order valence-electron chi connectivity index (χ4n) is 9.55. The van der Waals surface area contributed by atoms with E-state index in [0.29, 0.717) is 6.42 Å². The Morgan fingerprint density at radius 1 is 0.732 bits per heavy atom. The molecule has 1 saturated carbocycles. The molecule has 56 heavy (non-hydrogen) atoms. The second-order valence-corrected chi connectivity index (χ2v) is 16.5. The molecule has 4 aromatic rings. The average molecular weight is 743 g/mol. The molecule has 5 heteroatoms. The summed E-state index contributed by atoms with van der Waals surface area (Å²) in [6.45, 7) is 16.9. The number of hydrogen-bond donors (Lipinski definition) is 1. The predicted octanol–water partition coefficient (Wildman–Crippen LogP) is 11.5. The van der Waals surface area contributed by atoms with Crippen molar-refractivity contribution >= 4 is 44.5 Å².